The molecule has 134 valence electrons. The van der Waals surface area contributed by atoms with Gasteiger partial charge in [-0.1, -0.05) is 18.3 Å². The summed E-state index contributed by atoms with van der Waals surface area (Å²) in [6.07, 6.45) is 7.00. The van der Waals surface area contributed by atoms with Gasteiger partial charge in [-0.05, 0) is 76.0 Å². The Morgan fingerprint density at radius 1 is 1.21 bits per heavy atom. The summed E-state index contributed by atoms with van der Waals surface area (Å²) in [4.78, 5) is 18.6. The highest BCUT2D eigenvalue weighted by Gasteiger charge is 2.44. The van der Waals surface area contributed by atoms with E-state index in [1.807, 2.05) is 6.92 Å². The van der Waals surface area contributed by atoms with Crippen LogP contribution in [0.5, 0.6) is 0 Å². The predicted octanol–water partition coefficient (Wildman–Crippen LogP) is 3.35. The van der Waals surface area contributed by atoms with Gasteiger partial charge in [0.25, 0.3) is 5.91 Å². The first kappa shape index (κ1) is 17.8. The molecule has 0 saturated carbocycles. The van der Waals surface area contributed by atoms with Crippen molar-refractivity contribution in [3.63, 3.8) is 0 Å². The van der Waals surface area contributed by atoms with Gasteiger partial charge in [-0.2, -0.15) is 0 Å². The van der Waals surface area contributed by atoms with E-state index in [2.05, 4.69) is 33.2 Å². The number of carbonyl (C=O) groups excluding carboxylic acids is 1. The largest absolute Gasteiger partial charge is 0.332 e. The summed E-state index contributed by atoms with van der Waals surface area (Å²) in [5, 5.41) is 4.03. The van der Waals surface area contributed by atoms with E-state index in [0.29, 0.717) is 0 Å². The lowest BCUT2D eigenvalue weighted by atomic mass is 9.87. The summed E-state index contributed by atoms with van der Waals surface area (Å²) in [5.41, 5.74) is 0.847. The van der Waals surface area contributed by atoms with Crippen LogP contribution in [0.3, 0.4) is 0 Å². The number of carbonyl (C=O) groups is 1. The second-order valence-electron chi connectivity index (χ2n) is 7.85. The van der Waals surface area contributed by atoms with Gasteiger partial charge in [0, 0.05) is 18.6 Å². The zero-order chi connectivity index (χ0) is 17.2. The second kappa shape index (κ2) is 7.48. The van der Waals surface area contributed by atoms with Crippen LogP contribution in [0.4, 0.5) is 0 Å². The molecule has 1 atom stereocenters. The van der Waals surface area contributed by atoms with Gasteiger partial charge in [0.05, 0.1) is 5.69 Å². The minimum absolute atomic E-state index is 0.0695. The van der Waals surface area contributed by atoms with Crippen LogP contribution in [0.25, 0.3) is 0 Å². The van der Waals surface area contributed by atoms with Gasteiger partial charge in [0.15, 0.2) is 0 Å². The highest BCUT2D eigenvalue weighted by Crippen LogP contribution is 2.39. The molecule has 6 heteroatoms. The third-order valence-electron chi connectivity index (χ3n) is 5.72. The average Bonchev–Trinajstić information content (AvgIpc) is 3.09. The van der Waals surface area contributed by atoms with Crippen molar-refractivity contribution >= 4 is 17.4 Å². The molecule has 2 aliphatic heterocycles. The maximum atomic E-state index is 13.1. The van der Waals surface area contributed by atoms with E-state index >= 15 is 0 Å². The first-order valence-electron chi connectivity index (χ1n) is 9.35. The third kappa shape index (κ3) is 3.64. The Hall–Kier alpha value is -1.01. The Labute approximate surface area is 149 Å². The van der Waals surface area contributed by atoms with Gasteiger partial charge in [-0.15, -0.1) is 5.10 Å². The molecule has 0 aromatic carbocycles. The fraction of sp³-hybridized carbons (Fsp3) is 0.833. The monoisotopic (exact) mass is 350 g/mol. The van der Waals surface area contributed by atoms with Gasteiger partial charge in [0.2, 0.25) is 0 Å². The Morgan fingerprint density at radius 3 is 2.62 bits per heavy atom. The van der Waals surface area contributed by atoms with Gasteiger partial charge < -0.3 is 9.80 Å². The third-order valence-corrected chi connectivity index (χ3v) is 6.54. The molecule has 0 bridgehead atoms. The molecule has 2 aliphatic rings. The molecule has 0 unspecified atom stereocenters. The molecular formula is C18H30N4OS. The number of aromatic nitrogens is 2. The first-order valence-corrected chi connectivity index (χ1v) is 10.1. The van der Waals surface area contributed by atoms with Gasteiger partial charge in [0.1, 0.15) is 4.88 Å². The van der Waals surface area contributed by atoms with Crippen molar-refractivity contribution in [1.29, 1.82) is 0 Å². The van der Waals surface area contributed by atoms with Crippen LogP contribution < -0.4 is 0 Å². The maximum Gasteiger partial charge on any atom is 0.267 e. The Morgan fingerprint density at radius 2 is 1.96 bits per heavy atom. The van der Waals surface area contributed by atoms with Gasteiger partial charge in [-0.3, -0.25) is 4.79 Å². The standard InChI is InChI=1S/C18H30N4OS/c1-14(2)6-12-21-10-4-7-18(9-13-21)8-5-11-22(18)17(23)16-15(3)19-20-24-16/h14H,4-13H2,1-3H3/t18-/m0/s1. The van der Waals surface area contributed by atoms with Crippen LogP contribution in [0, 0.1) is 12.8 Å². The summed E-state index contributed by atoms with van der Waals surface area (Å²) < 4.78 is 3.96. The number of hydrogen-bond donors (Lipinski definition) is 0. The normalized spacial score (nSPS) is 25.6. The second-order valence-corrected chi connectivity index (χ2v) is 8.60. The van der Waals surface area contributed by atoms with Crippen LogP contribution in [0.15, 0.2) is 0 Å². The highest BCUT2D eigenvalue weighted by molar-refractivity contribution is 7.07. The van der Waals surface area contributed by atoms with E-state index in [1.165, 1.54) is 37.5 Å². The zero-order valence-electron chi connectivity index (χ0n) is 15.3. The van der Waals surface area contributed by atoms with Crippen molar-refractivity contribution in [2.24, 2.45) is 5.92 Å². The predicted molar refractivity (Wildman–Crippen MR) is 97.4 cm³/mol. The van der Waals surface area contributed by atoms with Crippen molar-refractivity contribution in [3.8, 4) is 0 Å². The number of hydrogen-bond acceptors (Lipinski definition) is 5. The number of amides is 1. The highest BCUT2D eigenvalue weighted by atomic mass is 32.1. The summed E-state index contributed by atoms with van der Waals surface area (Å²) in [6.45, 7) is 10.9. The van der Waals surface area contributed by atoms with E-state index in [9.17, 15) is 4.79 Å². The molecule has 0 radical (unpaired) electrons. The number of rotatable bonds is 4. The van der Waals surface area contributed by atoms with Gasteiger partial charge >= 0.3 is 0 Å². The lowest BCUT2D eigenvalue weighted by Gasteiger charge is -2.38. The van der Waals surface area contributed by atoms with E-state index < -0.39 is 0 Å². The Balaban J connectivity index is 1.70. The van der Waals surface area contributed by atoms with Crippen LogP contribution in [0.2, 0.25) is 0 Å². The van der Waals surface area contributed by atoms with Crippen molar-refractivity contribution < 1.29 is 4.79 Å². The van der Waals surface area contributed by atoms with Crippen LogP contribution >= 0.6 is 11.5 Å². The SMILES string of the molecule is Cc1nnsc1C(=O)N1CCC[C@]12CCCN(CCC(C)C)CC2. The maximum absolute atomic E-state index is 13.1. The van der Waals surface area contributed by atoms with E-state index in [0.717, 1.165) is 55.3 Å². The first-order chi connectivity index (χ1) is 11.5. The van der Waals surface area contributed by atoms with Crippen LogP contribution in [-0.4, -0.2) is 57.0 Å². The summed E-state index contributed by atoms with van der Waals surface area (Å²) >= 11 is 1.25. The van der Waals surface area contributed by atoms with Crippen molar-refractivity contribution in [1.82, 2.24) is 19.4 Å². The van der Waals surface area contributed by atoms with Crippen LogP contribution in [-0.2, 0) is 0 Å². The van der Waals surface area contributed by atoms with E-state index in [1.54, 1.807) is 0 Å². The average molecular weight is 351 g/mol. The zero-order valence-corrected chi connectivity index (χ0v) is 16.1. The molecule has 1 aromatic heterocycles. The minimum Gasteiger partial charge on any atom is -0.332 e. The van der Waals surface area contributed by atoms with Gasteiger partial charge in [-0.25, -0.2) is 0 Å². The number of likely N-dealkylation sites (tertiary alicyclic amines) is 2. The molecule has 0 N–H and O–H groups in total. The molecule has 0 aliphatic carbocycles. The molecule has 2 fully saturated rings. The van der Waals surface area contributed by atoms with Crippen molar-refractivity contribution in [3.05, 3.63) is 10.6 Å². The van der Waals surface area contributed by atoms with Crippen LogP contribution in [0.1, 0.15) is 67.7 Å². The molecule has 24 heavy (non-hydrogen) atoms. The number of aryl methyl sites for hydroxylation is 1. The molecule has 1 amide bonds. The fourth-order valence-electron chi connectivity index (χ4n) is 4.22. The summed E-state index contributed by atoms with van der Waals surface area (Å²) in [7, 11) is 0. The van der Waals surface area contributed by atoms with E-state index in [-0.39, 0.29) is 11.4 Å². The van der Waals surface area contributed by atoms with Crippen molar-refractivity contribution in [2.45, 2.75) is 64.8 Å². The summed E-state index contributed by atoms with van der Waals surface area (Å²) in [6, 6.07) is 0. The topological polar surface area (TPSA) is 49.3 Å². The van der Waals surface area contributed by atoms with E-state index in [4.69, 9.17) is 0 Å². The molecule has 3 rings (SSSR count). The fourth-order valence-corrected chi connectivity index (χ4v) is 4.83. The molecule has 3 heterocycles. The smallest absolute Gasteiger partial charge is 0.267 e. The molecule has 1 spiro atoms. The molecule has 1 aromatic rings. The lowest BCUT2D eigenvalue weighted by molar-refractivity contribution is 0.0562. The summed E-state index contributed by atoms with van der Waals surface area (Å²) in [5.74, 6) is 0.921. The lowest BCUT2D eigenvalue weighted by Crippen LogP contribution is -2.48. The Kier molecular flexibility index (Phi) is 5.55. The quantitative estimate of drug-likeness (QED) is 0.835. The molecule has 2 saturated heterocycles. The number of nitrogens with zero attached hydrogens (tertiary/aromatic N) is 4. The molecular weight excluding hydrogens is 320 g/mol. The Bertz CT molecular complexity index is 573. The van der Waals surface area contributed by atoms with Crippen molar-refractivity contribution in [2.75, 3.05) is 26.2 Å². The minimum atomic E-state index is 0.0695. The molecule has 5 nitrogen and oxygen atoms in total.